The number of hydrogen-bond donors (Lipinski definition) is 2. The first-order valence-corrected chi connectivity index (χ1v) is 10.1. The van der Waals surface area contributed by atoms with E-state index < -0.39 is 6.04 Å². The van der Waals surface area contributed by atoms with Gasteiger partial charge in [-0.25, -0.2) is 0 Å². The van der Waals surface area contributed by atoms with E-state index in [0.717, 1.165) is 21.2 Å². The third-order valence-electron chi connectivity index (χ3n) is 4.51. The van der Waals surface area contributed by atoms with E-state index in [1.807, 2.05) is 56.3 Å². The number of aryl methyl sites for hydroxylation is 2. The lowest BCUT2D eigenvalue weighted by molar-refractivity contribution is -0.134. The van der Waals surface area contributed by atoms with Gasteiger partial charge in [0.1, 0.15) is 0 Å². The highest BCUT2D eigenvalue weighted by molar-refractivity contribution is 9.10. The van der Waals surface area contributed by atoms with Crippen LogP contribution in [0.5, 0.6) is 0 Å². The largest absolute Gasteiger partial charge is 0.349 e. The SMILES string of the molecule is CC(=O)NC(CC(=O)N(C)CC(=O)Nc1ccc(Br)cc1C)c1ccc(C)cc1. The van der Waals surface area contributed by atoms with Crippen molar-refractivity contribution in [1.29, 1.82) is 0 Å². The van der Waals surface area contributed by atoms with Crippen LogP contribution in [0.1, 0.15) is 36.1 Å². The van der Waals surface area contributed by atoms with Gasteiger partial charge in [-0.1, -0.05) is 45.8 Å². The van der Waals surface area contributed by atoms with Gasteiger partial charge in [0.2, 0.25) is 17.7 Å². The van der Waals surface area contributed by atoms with Gasteiger partial charge in [0.25, 0.3) is 0 Å². The molecule has 1 atom stereocenters. The van der Waals surface area contributed by atoms with Crippen LogP contribution in [0.25, 0.3) is 0 Å². The lowest BCUT2D eigenvalue weighted by atomic mass is 10.0. The molecule has 0 saturated heterocycles. The summed E-state index contributed by atoms with van der Waals surface area (Å²) >= 11 is 3.39. The number of nitrogens with one attached hydrogen (secondary N) is 2. The molecule has 2 N–H and O–H groups in total. The van der Waals surface area contributed by atoms with Crippen molar-refractivity contribution in [3.63, 3.8) is 0 Å². The fourth-order valence-corrected chi connectivity index (χ4v) is 3.36. The van der Waals surface area contributed by atoms with Gasteiger partial charge in [-0.3, -0.25) is 14.4 Å². The number of benzene rings is 2. The summed E-state index contributed by atoms with van der Waals surface area (Å²) in [5, 5.41) is 5.64. The molecule has 3 amide bonds. The first-order valence-electron chi connectivity index (χ1n) is 9.29. The molecule has 29 heavy (non-hydrogen) atoms. The van der Waals surface area contributed by atoms with E-state index in [1.54, 1.807) is 7.05 Å². The fraction of sp³-hybridized carbons (Fsp3) is 0.318. The minimum atomic E-state index is -0.445. The summed E-state index contributed by atoms with van der Waals surface area (Å²) in [5.74, 6) is -0.723. The van der Waals surface area contributed by atoms with Crippen LogP contribution < -0.4 is 10.6 Å². The standard InChI is InChI=1S/C22H26BrN3O3/c1-14-5-7-17(8-6-14)20(24-16(3)27)12-22(29)26(4)13-21(28)25-19-10-9-18(23)11-15(19)2/h5-11,20H,12-13H2,1-4H3,(H,24,27)(H,25,28). The van der Waals surface area contributed by atoms with Gasteiger partial charge in [0.15, 0.2) is 0 Å². The van der Waals surface area contributed by atoms with Crippen molar-refractivity contribution >= 4 is 39.3 Å². The highest BCUT2D eigenvalue weighted by atomic mass is 79.9. The third kappa shape index (κ3) is 7.02. The number of nitrogens with zero attached hydrogens (tertiary/aromatic N) is 1. The molecule has 0 aliphatic rings. The van der Waals surface area contributed by atoms with Crippen LogP contribution in [-0.4, -0.2) is 36.2 Å². The number of hydrogen-bond acceptors (Lipinski definition) is 3. The fourth-order valence-electron chi connectivity index (χ4n) is 2.89. The van der Waals surface area contributed by atoms with Gasteiger partial charge in [-0.15, -0.1) is 0 Å². The van der Waals surface area contributed by atoms with Crippen molar-refractivity contribution in [1.82, 2.24) is 10.2 Å². The average Bonchev–Trinajstić information content (AvgIpc) is 2.63. The predicted octanol–water partition coefficient (Wildman–Crippen LogP) is 3.73. The molecule has 154 valence electrons. The summed E-state index contributed by atoms with van der Waals surface area (Å²) in [5.41, 5.74) is 3.57. The highest BCUT2D eigenvalue weighted by Crippen LogP contribution is 2.21. The second-order valence-corrected chi connectivity index (χ2v) is 8.04. The number of halogens is 1. The zero-order chi connectivity index (χ0) is 21.6. The molecule has 2 aromatic rings. The summed E-state index contributed by atoms with van der Waals surface area (Å²) in [7, 11) is 1.58. The molecule has 0 aliphatic heterocycles. The summed E-state index contributed by atoms with van der Waals surface area (Å²) < 4.78 is 0.931. The zero-order valence-corrected chi connectivity index (χ0v) is 18.7. The number of anilines is 1. The highest BCUT2D eigenvalue weighted by Gasteiger charge is 2.21. The number of amides is 3. The number of rotatable bonds is 7. The molecule has 6 nitrogen and oxygen atoms in total. The summed E-state index contributed by atoms with van der Waals surface area (Å²) in [6.45, 7) is 5.22. The molecule has 0 radical (unpaired) electrons. The molecule has 0 aromatic heterocycles. The maximum Gasteiger partial charge on any atom is 0.243 e. The Kier molecular flexibility index (Phi) is 7.96. The lowest BCUT2D eigenvalue weighted by Gasteiger charge is -2.22. The molecule has 0 aliphatic carbocycles. The van der Waals surface area contributed by atoms with Crippen LogP contribution in [0.2, 0.25) is 0 Å². The molecule has 0 bridgehead atoms. The molecular formula is C22H26BrN3O3. The number of carbonyl (C=O) groups excluding carboxylic acids is 3. The van der Waals surface area contributed by atoms with Gasteiger partial charge in [0, 0.05) is 24.1 Å². The maximum absolute atomic E-state index is 12.7. The first kappa shape index (κ1) is 22.6. The Bertz CT molecular complexity index is 897. The molecule has 2 aromatic carbocycles. The molecule has 2 rings (SSSR count). The van der Waals surface area contributed by atoms with E-state index in [9.17, 15) is 14.4 Å². The van der Waals surface area contributed by atoms with Crippen LogP contribution in [0, 0.1) is 13.8 Å². The van der Waals surface area contributed by atoms with Crippen LogP contribution in [0.3, 0.4) is 0 Å². The quantitative estimate of drug-likeness (QED) is 0.661. The molecule has 7 heteroatoms. The third-order valence-corrected chi connectivity index (χ3v) is 5.00. The molecule has 0 heterocycles. The van der Waals surface area contributed by atoms with Crippen LogP contribution >= 0.6 is 15.9 Å². The van der Waals surface area contributed by atoms with Crippen LogP contribution in [0.4, 0.5) is 5.69 Å². The summed E-state index contributed by atoms with van der Waals surface area (Å²) in [6, 6.07) is 12.8. The summed E-state index contributed by atoms with van der Waals surface area (Å²) in [6.07, 6.45) is 0.0731. The van der Waals surface area contributed by atoms with Crippen molar-refractivity contribution in [2.45, 2.75) is 33.2 Å². The Balaban J connectivity index is 2.00. The number of likely N-dealkylation sites (N-methyl/N-ethyl adjacent to an activating group) is 1. The van der Waals surface area contributed by atoms with E-state index in [4.69, 9.17) is 0 Å². The second-order valence-electron chi connectivity index (χ2n) is 7.13. The first-order chi connectivity index (χ1) is 13.7. The molecular weight excluding hydrogens is 434 g/mol. The summed E-state index contributed by atoms with van der Waals surface area (Å²) in [4.78, 5) is 38.0. The average molecular weight is 460 g/mol. The van der Waals surface area contributed by atoms with Crippen molar-refractivity contribution < 1.29 is 14.4 Å². The van der Waals surface area contributed by atoms with Gasteiger partial charge < -0.3 is 15.5 Å². The molecule has 0 saturated carbocycles. The second kappa shape index (κ2) is 10.2. The van der Waals surface area contributed by atoms with Crippen LogP contribution in [0.15, 0.2) is 46.9 Å². The van der Waals surface area contributed by atoms with E-state index in [2.05, 4.69) is 26.6 Å². The Morgan fingerprint density at radius 1 is 1.07 bits per heavy atom. The smallest absolute Gasteiger partial charge is 0.243 e. The van der Waals surface area contributed by atoms with E-state index in [0.29, 0.717) is 5.69 Å². The topological polar surface area (TPSA) is 78.5 Å². The molecule has 1 unspecified atom stereocenters. The molecule has 0 spiro atoms. The lowest BCUT2D eigenvalue weighted by Crippen LogP contribution is -2.38. The Labute approximate surface area is 179 Å². The van der Waals surface area contributed by atoms with Crippen molar-refractivity contribution in [2.75, 3.05) is 18.9 Å². The van der Waals surface area contributed by atoms with Gasteiger partial charge in [-0.05, 0) is 43.2 Å². The number of carbonyl (C=O) groups is 3. The molecule has 0 fully saturated rings. The normalized spacial score (nSPS) is 11.5. The van der Waals surface area contributed by atoms with Gasteiger partial charge in [0.05, 0.1) is 19.0 Å². The van der Waals surface area contributed by atoms with Gasteiger partial charge in [-0.2, -0.15) is 0 Å². The van der Waals surface area contributed by atoms with Gasteiger partial charge >= 0.3 is 0 Å². The Morgan fingerprint density at radius 3 is 2.31 bits per heavy atom. The van der Waals surface area contributed by atoms with Crippen LogP contribution in [-0.2, 0) is 14.4 Å². The van der Waals surface area contributed by atoms with Crippen molar-refractivity contribution in [2.24, 2.45) is 0 Å². The van der Waals surface area contributed by atoms with Crippen molar-refractivity contribution in [3.05, 3.63) is 63.6 Å². The van der Waals surface area contributed by atoms with E-state index >= 15 is 0 Å². The maximum atomic E-state index is 12.7. The van der Waals surface area contributed by atoms with Crippen molar-refractivity contribution in [3.8, 4) is 0 Å². The minimum absolute atomic E-state index is 0.0731. The predicted molar refractivity (Wildman–Crippen MR) is 117 cm³/mol. The zero-order valence-electron chi connectivity index (χ0n) is 17.1. The minimum Gasteiger partial charge on any atom is -0.349 e. The Hall–Kier alpha value is -2.67. The Morgan fingerprint density at radius 2 is 1.72 bits per heavy atom. The monoisotopic (exact) mass is 459 g/mol. The van der Waals surface area contributed by atoms with E-state index in [1.165, 1.54) is 11.8 Å². The van der Waals surface area contributed by atoms with E-state index in [-0.39, 0.29) is 30.7 Å².